The zero-order valence-corrected chi connectivity index (χ0v) is 11.1. The Morgan fingerprint density at radius 1 is 0.800 bits per heavy atom. The van der Waals surface area contributed by atoms with Gasteiger partial charge in [-0.3, -0.25) is 0 Å². The molecule has 90 valence electrons. The molecule has 0 rings (SSSR count). The number of hydrogen-bond acceptors (Lipinski definition) is 1. The van der Waals surface area contributed by atoms with E-state index < -0.39 is 0 Å². The number of unbranched alkanes of at least 4 members (excludes halogenated alkanes) is 3. The normalized spacial score (nSPS) is 10.6. The van der Waals surface area contributed by atoms with Gasteiger partial charge in [-0.1, -0.05) is 64.9 Å². The van der Waals surface area contributed by atoms with Crippen molar-refractivity contribution in [3.05, 3.63) is 0 Å². The standard InChI is InChI=1S/C13H29BO/c1-4-6-10-14(11-7-5-2)12-8-9-13-15-3/h4-13H2,1-3H3. The van der Waals surface area contributed by atoms with Crippen LogP contribution in [0.5, 0.6) is 0 Å². The van der Waals surface area contributed by atoms with Crippen LogP contribution in [0.25, 0.3) is 0 Å². The Balaban J connectivity index is 3.49. The zero-order valence-electron chi connectivity index (χ0n) is 11.1. The Morgan fingerprint density at radius 2 is 1.33 bits per heavy atom. The van der Waals surface area contributed by atoms with Crippen LogP contribution >= 0.6 is 0 Å². The smallest absolute Gasteiger partial charge is 0.139 e. The van der Waals surface area contributed by atoms with Crippen LogP contribution in [-0.4, -0.2) is 20.4 Å². The Labute approximate surface area is 97.1 Å². The van der Waals surface area contributed by atoms with E-state index in [-0.39, 0.29) is 0 Å². The predicted molar refractivity (Wildman–Crippen MR) is 71.1 cm³/mol. The number of ether oxygens (including phenoxy) is 1. The van der Waals surface area contributed by atoms with E-state index in [0.717, 1.165) is 13.3 Å². The summed E-state index contributed by atoms with van der Waals surface area (Å²) in [6, 6.07) is 0. The van der Waals surface area contributed by atoms with Gasteiger partial charge in [0, 0.05) is 13.7 Å². The molecule has 0 aromatic rings. The molecule has 0 N–H and O–H groups in total. The predicted octanol–water partition coefficient (Wildman–Crippen LogP) is 4.51. The van der Waals surface area contributed by atoms with Crippen molar-refractivity contribution in [3.8, 4) is 0 Å². The van der Waals surface area contributed by atoms with Gasteiger partial charge in [-0.2, -0.15) is 0 Å². The van der Waals surface area contributed by atoms with Gasteiger partial charge in [0.2, 0.25) is 0 Å². The minimum Gasteiger partial charge on any atom is -0.385 e. The molecular formula is C13H29BO. The van der Waals surface area contributed by atoms with Gasteiger partial charge >= 0.3 is 0 Å². The lowest BCUT2D eigenvalue weighted by Crippen LogP contribution is -2.11. The van der Waals surface area contributed by atoms with Crippen molar-refractivity contribution in [1.29, 1.82) is 0 Å². The third-order valence-corrected chi connectivity index (χ3v) is 3.14. The molecule has 0 unspecified atom stereocenters. The fourth-order valence-corrected chi connectivity index (χ4v) is 2.10. The first-order valence-corrected chi connectivity index (χ1v) is 6.84. The molecule has 1 nitrogen and oxygen atoms in total. The summed E-state index contributed by atoms with van der Waals surface area (Å²) in [5.74, 6) is 0. The molecule has 0 aliphatic heterocycles. The minimum absolute atomic E-state index is 0.939. The first kappa shape index (κ1) is 15.0. The van der Waals surface area contributed by atoms with Crippen LogP contribution in [-0.2, 0) is 4.74 Å². The molecule has 0 bridgehead atoms. The molecule has 15 heavy (non-hydrogen) atoms. The summed E-state index contributed by atoms with van der Waals surface area (Å²) >= 11 is 0. The van der Waals surface area contributed by atoms with Gasteiger partial charge in [-0.05, 0) is 6.42 Å². The van der Waals surface area contributed by atoms with Gasteiger partial charge in [0.15, 0.2) is 0 Å². The van der Waals surface area contributed by atoms with E-state index in [2.05, 4.69) is 13.8 Å². The summed E-state index contributed by atoms with van der Waals surface area (Å²) in [5.41, 5.74) is 0. The lowest BCUT2D eigenvalue weighted by Gasteiger charge is -2.12. The third-order valence-electron chi connectivity index (χ3n) is 3.14. The minimum atomic E-state index is 0.939. The van der Waals surface area contributed by atoms with Crippen molar-refractivity contribution in [2.75, 3.05) is 13.7 Å². The molecule has 0 atom stereocenters. The molecule has 0 saturated heterocycles. The molecule has 0 aliphatic rings. The van der Waals surface area contributed by atoms with Crippen molar-refractivity contribution in [3.63, 3.8) is 0 Å². The second kappa shape index (κ2) is 12.1. The maximum atomic E-state index is 5.09. The summed E-state index contributed by atoms with van der Waals surface area (Å²) in [6.07, 6.45) is 12.4. The first-order chi connectivity index (χ1) is 7.35. The van der Waals surface area contributed by atoms with E-state index in [0.29, 0.717) is 0 Å². The highest BCUT2D eigenvalue weighted by molar-refractivity contribution is 6.58. The van der Waals surface area contributed by atoms with Crippen molar-refractivity contribution >= 4 is 6.71 Å². The number of methoxy groups -OCH3 is 1. The van der Waals surface area contributed by atoms with Crippen LogP contribution < -0.4 is 0 Å². The lowest BCUT2D eigenvalue weighted by atomic mass is 9.41. The third kappa shape index (κ3) is 10.3. The highest BCUT2D eigenvalue weighted by Gasteiger charge is 2.11. The second-order valence-corrected chi connectivity index (χ2v) is 4.64. The highest BCUT2D eigenvalue weighted by Crippen LogP contribution is 2.16. The van der Waals surface area contributed by atoms with Crippen LogP contribution in [0.3, 0.4) is 0 Å². The average molecular weight is 212 g/mol. The van der Waals surface area contributed by atoms with Crippen LogP contribution in [0.4, 0.5) is 0 Å². The largest absolute Gasteiger partial charge is 0.385 e. The first-order valence-electron chi connectivity index (χ1n) is 6.84. The van der Waals surface area contributed by atoms with Gasteiger partial charge < -0.3 is 4.74 Å². The second-order valence-electron chi connectivity index (χ2n) is 4.64. The lowest BCUT2D eigenvalue weighted by molar-refractivity contribution is 0.194. The van der Waals surface area contributed by atoms with Gasteiger partial charge in [0.25, 0.3) is 0 Å². The Morgan fingerprint density at radius 3 is 1.80 bits per heavy atom. The SMILES string of the molecule is CCCCB(CCCC)CCCCOC. The molecule has 0 aromatic carbocycles. The van der Waals surface area contributed by atoms with E-state index in [1.165, 1.54) is 57.5 Å². The molecule has 0 aliphatic carbocycles. The van der Waals surface area contributed by atoms with Crippen LogP contribution in [0.2, 0.25) is 19.0 Å². The van der Waals surface area contributed by atoms with Crippen LogP contribution in [0, 0.1) is 0 Å². The van der Waals surface area contributed by atoms with E-state index in [9.17, 15) is 0 Å². The summed E-state index contributed by atoms with van der Waals surface area (Å²) in [4.78, 5) is 0. The molecule has 0 radical (unpaired) electrons. The fourth-order valence-electron chi connectivity index (χ4n) is 2.10. The summed E-state index contributed by atoms with van der Waals surface area (Å²) < 4.78 is 5.09. The molecule has 0 heterocycles. The van der Waals surface area contributed by atoms with Crippen molar-refractivity contribution in [2.24, 2.45) is 0 Å². The Hall–Kier alpha value is 0.0249. The number of rotatable bonds is 11. The van der Waals surface area contributed by atoms with Crippen molar-refractivity contribution in [1.82, 2.24) is 0 Å². The summed E-state index contributed by atoms with van der Waals surface area (Å²) in [6.45, 7) is 6.51. The zero-order chi connectivity index (χ0) is 11.4. The highest BCUT2D eigenvalue weighted by atomic mass is 16.5. The molecule has 0 fully saturated rings. The van der Waals surface area contributed by atoms with Crippen LogP contribution in [0.15, 0.2) is 0 Å². The Bertz CT molecular complexity index is 109. The van der Waals surface area contributed by atoms with Gasteiger partial charge in [-0.15, -0.1) is 0 Å². The van der Waals surface area contributed by atoms with E-state index in [1.54, 1.807) is 7.11 Å². The van der Waals surface area contributed by atoms with Crippen LogP contribution in [0.1, 0.15) is 52.4 Å². The average Bonchev–Trinajstić information content (AvgIpc) is 2.27. The van der Waals surface area contributed by atoms with Gasteiger partial charge in [0.1, 0.15) is 6.71 Å². The topological polar surface area (TPSA) is 9.23 Å². The molecule has 2 heteroatoms. The van der Waals surface area contributed by atoms with E-state index in [1.807, 2.05) is 0 Å². The van der Waals surface area contributed by atoms with Gasteiger partial charge in [0.05, 0.1) is 0 Å². The van der Waals surface area contributed by atoms with Crippen molar-refractivity contribution < 1.29 is 4.74 Å². The fraction of sp³-hybridized carbons (Fsp3) is 1.00. The number of hydrogen-bond donors (Lipinski definition) is 0. The van der Waals surface area contributed by atoms with Gasteiger partial charge in [-0.25, -0.2) is 0 Å². The molecule has 0 aromatic heterocycles. The molecule has 0 amide bonds. The molecule has 0 saturated carbocycles. The maximum absolute atomic E-state index is 5.09. The molecular weight excluding hydrogens is 183 g/mol. The maximum Gasteiger partial charge on any atom is 0.139 e. The monoisotopic (exact) mass is 212 g/mol. The van der Waals surface area contributed by atoms with E-state index >= 15 is 0 Å². The van der Waals surface area contributed by atoms with E-state index in [4.69, 9.17) is 4.74 Å². The Kier molecular flexibility index (Phi) is 12.1. The van der Waals surface area contributed by atoms with Crippen molar-refractivity contribution in [2.45, 2.75) is 71.3 Å². The summed E-state index contributed by atoms with van der Waals surface area (Å²) in [5, 5.41) is 0. The summed E-state index contributed by atoms with van der Waals surface area (Å²) in [7, 11) is 1.80. The molecule has 0 spiro atoms. The quantitative estimate of drug-likeness (QED) is 0.361.